The Morgan fingerprint density at radius 1 is 1.29 bits per heavy atom. The molecule has 1 spiro atoms. The van der Waals surface area contributed by atoms with E-state index in [9.17, 15) is 9.18 Å². The van der Waals surface area contributed by atoms with Crippen LogP contribution in [0.3, 0.4) is 0 Å². The predicted octanol–water partition coefficient (Wildman–Crippen LogP) is 4.73. The molecule has 6 heteroatoms. The number of benzene rings is 2. The maximum atomic E-state index is 13.9. The molecule has 1 saturated carbocycles. The second kappa shape index (κ2) is 7.72. The standard InChI is InChI=1S/C22H24ClFN2O2/c1-28-20-7-6-16(12-18(20)23)25-21(27)17-13-22(17)8-10-26(11-9-22)14-15-4-2-3-5-19(15)24/h2-7,12,17H,8-11,13-14H2,1H3,(H,25,27). The maximum absolute atomic E-state index is 13.9. The van der Waals surface area contributed by atoms with Crippen molar-refractivity contribution >= 4 is 23.2 Å². The molecule has 1 unspecified atom stereocenters. The number of likely N-dealkylation sites (tertiary alicyclic amines) is 1. The van der Waals surface area contributed by atoms with Crippen LogP contribution in [0.25, 0.3) is 0 Å². The molecule has 1 N–H and O–H groups in total. The van der Waals surface area contributed by atoms with Gasteiger partial charge in [0.2, 0.25) is 5.91 Å². The van der Waals surface area contributed by atoms with E-state index in [1.165, 1.54) is 6.07 Å². The first kappa shape index (κ1) is 19.2. The third-order valence-corrected chi connectivity index (χ3v) is 6.42. The Balaban J connectivity index is 1.31. The first-order valence-corrected chi connectivity index (χ1v) is 9.99. The van der Waals surface area contributed by atoms with E-state index in [0.29, 0.717) is 23.0 Å². The fourth-order valence-corrected chi connectivity index (χ4v) is 4.53. The van der Waals surface area contributed by atoms with Crippen LogP contribution in [0.4, 0.5) is 10.1 Å². The quantitative estimate of drug-likeness (QED) is 0.786. The molecule has 0 radical (unpaired) electrons. The summed E-state index contributed by atoms with van der Waals surface area (Å²) >= 11 is 6.14. The molecule has 2 aliphatic rings. The molecule has 4 rings (SSSR count). The van der Waals surface area contributed by atoms with Crippen molar-refractivity contribution in [1.82, 2.24) is 4.90 Å². The molecule has 1 aliphatic heterocycles. The summed E-state index contributed by atoms with van der Waals surface area (Å²) in [5.74, 6) is 0.544. The summed E-state index contributed by atoms with van der Waals surface area (Å²) in [7, 11) is 1.56. The molecule has 1 heterocycles. The zero-order valence-corrected chi connectivity index (χ0v) is 16.6. The predicted molar refractivity (Wildman–Crippen MR) is 108 cm³/mol. The summed E-state index contributed by atoms with van der Waals surface area (Å²) in [4.78, 5) is 15.0. The van der Waals surface area contributed by atoms with Crippen molar-refractivity contribution in [2.75, 3.05) is 25.5 Å². The SMILES string of the molecule is COc1ccc(NC(=O)C2CC23CCN(Cc2ccccc2F)CC3)cc1Cl. The number of carbonyl (C=O) groups excluding carboxylic acids is 1. The van der Waals surface area contributed by atoms with Crippen molar-refractivity contribution in [2.24, 2.45) is 11.3 Å². The summed E-state index contributed by atoms with van der Waals surface area (Å²) in [5.41, 5.74) is 1.53. The lowest BCUT2D eigenvalue weighted by molar-refractivity contribution is -0.118. The van der Waals surface area contributed by atoms with Gasteiger partial charge in [-0.05, 0) is 62.0 Å². The Kier molecular flexibility index (Phi) is 5.30. The molecule has 2 aromatic carbocycles. The third kappa shape index (κ3) is 3.87. The largest absolute Gasteiger partial charge is 0.495 e. The Morgan fingerprint density at radius 2 is 2.04 bits per heavy atom. The monoisotopic (exact) mass is 402 g/mol. The molecule has 1 saturated heterocycles. The molecule has 2 aromatic rings. The maximum Gasteiger partial charge on any atom is 0.228 e. The fraction of sp³-hybridized carbons (Fsp3) is 0.409. The lowest BCUT2D eigenvalue weighted by atomic mass is 9.90. The molecular weight excluding hydrogens is 379 g/mol. The van der Waals surface area contributed by atoms with Crippen LogP contribution in [-0.2, 0) is 11.3 Å². The average molecular weight is 403 g/mol. The number of amides is 1. The van der Waals surface area contributed by atoms with Crippen molar-refractivity contribution in [3.8, 4) is 5.75 Å². The summed E-state index contributed by atoms with van der Waals surface area (Å²) in [6, 6.07) is 12.2. The molecule has 0 aromatic heterocycles. The lowest BCUT2D eigenvalue weighted by Gasteiger charge is -2.32. The van der Waals surface area contributed by atoms with Gasteiger partial charge in [0, 0.05) is 23.7 Å². The topological polar surface area (TPSA) is 41.6 Å². The summed E-state index contributed by atoms with van der Waals surface area (Å²) in [6.45, 7) is 2.42. The number of methoxy groups -OCH3 is 1. The summed E-state index contributed by atoms with van der Waals surface area (Å²) in [5, 5.41) is 3.46. The van der Waals surface area contributed by atoms with Crippen molar-refractivity contribution in [3.05, 3.63) is 58.9 Å². The van der Waals surface area contributed by atoms with E-state index in [4.69, 9.17) is 16.3 Å². The lowest BCUT2D eigenvalue weighted by Crippen LogP contribution is -2.36. The second-order valence-electron chi connectivity index (χ2n) is 7.83. The number of piperidine rings is 1. The van der Waals surface area contributed by atoms with Gasteiger partial charge in [-0.3, -0.25) is 9.69 Å². The van der Waals surface area contributed by atoms with Crippen LogP contribution in [-0.4, -0.2) is 31.0 Å². The fourth-order valence-electron chi connectivity index (χ4n) is 4.27. The normalized spacial score (nSPS) is 20.8. The number of nitrogens with zero attached hydrogens (tertiary/aromatic N) is 1. The molecule has 0 bridgehead atoms. The van der Waals surface area contributed by atoms with Gasteiger partial charge in [0.25, 0.3) is 0 Å². The van der Waals surface area contributed by atoms with Gasteiger partial charge in [0.05, 0.1) is 12.1 Å². The second-order valence-corrected chi connectivity index (χ2v) is 8.23. The average Bonchev–Trinajstić information content (AvgIpc) is 3.39. The number of halogens is 2. The molecule has 4 nitrogen and oxygen atoms in total. The van der Waals surface area contributed by atoms with Crippen LogP contribution >= 0.6 is 11.6 Å². The minimum atomic E-state index is -0.149. The van der Waals surface area contributed by atoms with Gasteiger partial charge in [-0.2, -0.15) is 0 Å². The van der Waals surface area contributed by atoms with Gasteiger partial charge in [-0.15, -0.1) is 0 Å². The summed E-state index contributed by atoms with van der Waals surface area (Å²) in [6.07, 6.45) is 2.88. The van der Waals surface area contributed by atoms with E-state index in [2.05, 4.69) is 10.2 Å². The molecule has 1 atom stereocenters. The zero-order chi connectivity index (χ0) is 19.7. The van der Waals surface area contributed by atoms with Crippen molar-refractivity contribution in [1.29, 1.82) is 0 Å². The van der Waals surface area contributed by atoms with Crippen LogP contribution in [0.15, 0.2) is 42.5 Å². The van der Waals surface area contributed by atoms with E-state index < -0.39 is 0 Å². The highest BCUT2D eigenvalue weighted by Gasteiger charge is 2.58. The van der Waals surface area contributed by atoms with E-state index >= 15 is 0 Å². The Labute approximate surface area is 169 Å². The van der Waals surface area contributed by atoms with Crippen molar-refractivity contribution < 1.29 is 13.9 Å². The first-order chi connectivity index (χ1) is 13.5. The number of hydrogen-bond donors (Lipinski definition) is 1. The van der Waals surface area contributed by atoms with Crippen molar-refractivity contribution in [2.45, 2.75) is 25.8 Å². The number of carbonyl (C=O) groups is 1. The summed E-state index contributed by atoms with van der Waals surface area (Å²) < 4.78 is 19.0. The molecule has 28 heavy (non-hydrogen) atoms. The molecule has 1 amide bonds. The van der Waals surface area contributed by atoms with Gasteiger partial charge < -0.3 is 10.1 Å². The molecular formula is C22H24ClFN2O2. The Hall–Kier alpha value is -2.11. The zero-order valence-electron chi connectivity index (χ0n) is 15.9. The van der Waals surface area contributed by atoms with Crippen molar-refractivity contribution in [3.63, 3.8) is 0 Å². The number of rotatable bonds is 5. The van der Waals surface area contributed by atoms with E-state index in [0.717, 1.165) is 37.9 Å². The third-order valence-electron chi connectivity index (χ3n) is 6.13. The first-order valence-electron chi connectivity index (χ1n) is 9.61. The highest BCUT2D eigenvalue weighted by atomic mass is 35.5. The van der Waals surface area contributed by atoms with Crippen LogP contribution in [0.5, 0.6) is 5.75 Å². The van der Waals surface area contributed by atoms with Crippen LogP contribution in [0.1, 0.15) is 24.8 Å². The van der Waals surface area contributed by atoms with Crippen LogP contribution < -0.4 is 10.1 Å². The van der Waals surface area contributed by atoms with Gasteiger partial charge in [-0.25, -0.2) is 4.39 Å². The molecule has 148 valence electrons. The van der Waals surface area contributed by atoms with E-state index in [1.54, 1.807) is 31.4 Å². The van der Waals surface area contributed by atoms with E-state index in [1.807, 2.05) is 12.1 Å². The number of anilines is 1. The Morgan fingerprint density at radius 3 is 2.71 bits per heavy atom. The van der Waals surface area contributed by atoms with Crippen LogP contribution in [0, 0.1) is 17.2 Å². The Bertz CT molecular complexity index is 881. The number of nitrogens with one attached hydrogen (secondary N) is 1. The van der Waals surface area contributed by atoms with Gasteiger partial charge in [-0.1, -0.05) is 29.8 Å². The number of hydrogen-bond acceptors (Lipinski definition) is 3. The highest BCUT2D eigenvalue weighted by molar-refractivity contribution is 6.32. The molecule has 2 fully saturated rings. The number of ether oxygens (including phenoxy) is 1. The smallest absolute Gasteiger partial charge is 0.228 e. The van der Waals surface area contributed by atoms with Crippen LogP contribution in [0.2, 0.25) is 5.02 Å². The molecule has 1 aliphatic carbocycles. The highest BCUT2D eigenvalue weighted by Crippen LogP contribution is 2.59. The van der Waals surface area contributed by atoms with Gasteiger partial charge >= 0.3 is 0 Å². The minimum Gasteiger partial charge on any atom is -0.495 e. The van der Waals surface area contributed by atoms with E-state index in [-0.39, 0.29) is 23.1 Å². The van der Waals surface area contributed by atoms with Gasteiger partial charge in [0.1, 0.15) is 11.6 Å². The minimum absolute atomic E-state index is 0.0454. The van der Waals surface area contributed by atoms with Gasteiger partial charge in [0.15, 0.2) is 0 Å².